The van der Waals surface area contributed by atoms with Crippen LogP contribution in [0.1, 0.15) is 71.3 Å². The second-order valence-corrected chi connectivity index (χ2v) is 7.21. The van der Waals surface area contributed by atoms with Crippen LogP contribution in [-0.2, 0) is 5.41 Å². The molecule has 1 aliphatic carbocycles. The molecule has 1 fully saturated rings. The van der Waals surface area contributed by atoms with E-state index in [-0.39, 0.29) is 0 Å². The molecule has 1 aliphatic rings. The molecule has 1 N–H and O–H groups in total. The van der Waals surface area contributed by atoms with E-state index < -0.39 is 0 Å². The van der Waals surface area contributed by atoms with Crippen LogP contribution in [0.15, 0.2) is 30.3 Å². The quantitative estimate of drug-likeness (QED) is 0.649. The summed E-state index contributed by atoms with van der Waals surface area (Å²) in [6.45, 7) is 8.10. The molecule has 21 heavy (non-hydrogen) atoms. The summed E-state index contributed by atoms with van der Waals surface area (Å²) in [7, 11) is 0. The van der Waals surface area contributed by atoms with Gasteiger partial charge in [-0.25, -0.2) is 0 Å². The third-order valence-electron chi connectivity index (χ3n) is 5.18. The van der Waals surface area contributed by atoms with Gasteiger partial charge in [-0.1, -0.05) is 70.4 Å². The van der Waals surface area contributed by atoms with Crippen molar-refractivity contribution in [2.75, 3.05) is 6.54 Å². The van der Waals surface area contributed by atoms with Crippen molar-refractivity contribution in [2.24, 2.45) is 5.92 Å². The van der Waals surface area contributed by atoms with Gasteiger partial charge in [-0.2, -0.15) is 0 Å². The molecule has 0 aliphatic heterocycles. The van der Waals surface area contributed by atoms with Crippen molar-refractivity contribution < 1.29 is 0 Å². The average Bonchev–Trinajstić information content (AvgIpc) is 2.43. The highest BCUT2D eigenvalue weighted by Crippen LogP contribution is 2.47. The van der Waals surface area contributed by atoms with Gasteiger partial charge in [0.05, 0.1) is 0 Å². The zero-order valence-electron chi connectivity index (χ0n) is 14.2. The summed E-state index contributed by atoms with van der Waals surface area (Å²) >= 11 is 0. The molecule has 1 atom stereocenters. The molecule has 0 aromatic heterocycles. The summed E-state index contributed by atoms with van der Waals surface area (Å²) < 4.78 is 0. The summed E-state index contributed by atoms with van der Waals surface area (Å²) in [5.41, 5.74) is 1.97. The van der Waals surface area contributed by atoms with Gasteiger partial charge in [0.15, 0.2) is 0 Å². The van der Waals surface area contributed by atoms with E-state index in [0.717, 1.165) is 12.5 Å². The Hall–Kier alpha value is -0.820. The standard InChI is InChI=1S/C20H33N/c1-4-16-21-19(13-8-10-17(2)3)20(14-9-15-20)18-11-6-5-7-12-18/h5-7,11-12,17,19,21H,4,8-10,13-16H2,1-3H3. The summed E-state index contributed by atoms with van der Waals surface area (Å²) in [6.07, 6.45) is 9.38. The Morgan fingerprint density at radius 2 is 1.81 bits per heavy atom. The fraction of sp³-hybridized carbons (Fsp3) is 0.700. The Morgan fingerprint density at radius 1 is 1.10 bits per heavy atom. The highest BCUT2D eigenvalue weighted by Gasteiger charge is 2.44. The monoisotopic (exact) mass is 287 g/mol. The lowest BCUT2D eigenvalue weighted by molar-refractivity contribution is 0.158. The second kappa shape index (κ2) is 7.98. The maximum absolute atomic E-state index is 3.88. The SMILES string of the molecule is CCCNC(CCCC(C)C)C1(c2ccccc2)CCC1. The lowest BCUT2D eigenvalue weighted by Gasteiger charge is -2.49. The predicted molar refractivity (Wildman–Crippen MR) is 92.7 cm³/mol. The van der Waals surface area contributed by atoms with Gasteiger partial charge in [-0.3, -0.25) is 0 Å². The first-order valence-electron chi connectivity index (χ1n) is 8.98. The summed E-state index contributed by atoms with van der Waals surface area (Å²) in [4.78, 5) is 0. The van der Waals surface area contributed by atoms with Gasteiger partial charge in [-0.15, -0.1) is 0 Å². The van der Waals surface area contributed by atoms with E-state index in [1.807, 2.05) is 0 Å². The number of benzene rings is 1. The Labute approximate surface area is 131 Å². The van der Waals surface area contributed by atoms with Crippen LogP contribution in [-0.4, -0.2) is 12.6 Å². The van der Waals surface area contributed by atoms with E-state index in [1.165, 1.54) is 44.9 Å². The smallest absolute Gasteiger partial charge is 0.0164 e. The maximum atomic E-state index is 3.88. The van der Waals surface area contributed by atoms with Gasteiger partial charge < -0.3 is 5.32 Å². The fourth-order valence-corrected chi connectivity index (χ4v) is 3.79. The molecule has 1 nitrogen and oxygen atoms in total. The van der Waals surface area contributed by atoms with E-state index in [2.05, 4.69) is 56.4 Å². The molecule has 0 amide bonds. The van der Waals surface area contributed by atoms with Gasteiger partial charge >= 0.3 is 0 Å². The second-order valence-electron chi connectivity index (χ2n) is 7.21. The third kappa shape index (κ3) is 4.10. The van der Waals surface area contributed by atoms with Crippen LogP contribution in [0.4, 0.5) is 0 Å². The maximum Gasteiger partial charge on any atom is 0.0164 e. The van der Waals surface area contributed by atoms with Crippen LogP contribution in [0.25, 0.3) is 0 Å². The molecule has 0 heterocycles. The normalized spacial score (nSPS) is 18.5. The van der Waals surface area contributed by atoms with Crippen LogP contribution in [0.3, 0.4) is 0 Å². The molecule has 0 radical (unpaired) electrons. The minimum Gasteiger partial charge on any atom is -0.313 e. The first kappa shape index (κ1) is 16.5. The summed E-state index contributed by atoms with van der Waals surface area (Å²) in [5.74, 6) is 0.825. The largest absolute Gasteiger partial charge is 0.313 e. The molecule has 1 heteroatoms. The van der Waals surface area contributed by atoms with Crippen LogP contribution < -0.4 is 5.32 Å². The molecule has 1 saturated carbocycles. The third-order valence-corrected chi connectivity index (χ3v) is 5.18. The molecule has 0 bridgehead atoms. The molecular formula is C20H33N. The molecular weight excluding hydrogens is 254 g/mol. The van der Waals surface area contributed by atoms with Crippen molar-refractivity contribution in [1.82, 2.24) is 5.32 Å². The van der Waals surface area contributed by atoms with E-state index in [1.54, 1.807) is 5.56 Å². The molecule has 0 spiro atoms. The summed E-state index contributed by atoms with van der Waals surface area (Å²) in [5, 5.41) is 3.88. The van der Waals surface area contributed by atoms with E-state index in [9.17, 15) is 0 Å². The number of nitrogens with one attached hydrogen (secondary N) is 1. The number of hydrogen-bond acceptors (Lipinski definition) is 1. The van der Waals surface area contributed by atoms with Crippen molar-refractivity contribution in [3.8, 4) is 0 Å². The molecule has 1 aromatic rings. The number of rotatable bonds is 9. The Balaban J connectivity index is 2.09. The zero-order chi connectivity index (χ0) is 15.1. The molecule has 1 unspecified atom stereocenters. The zero-order valence-corrected chi connectivity index (χ0v) is 14.2. The Bertz CT molecular complexity index is 392. The Kier molecular flexibility index (Phi) is 6.29. The highest BCUT2D eigenvalue weighted by atomic mass is 14.9. The molecule has 0 saturated heterocycles. The van der Waals surface area contributed by atoms with Gasteiger partial charge in [0.1, 0.15) is 0 Å². The van der Waals surface area contributed by atoms with Crippen molar-refractivity contribution >= 4 is 0 Å². The summed E-state index contributed by atoms with van der Waals surface area (Å²) in [6, 6.07) is 11.9. The molecule has 1 aromatic carbocycles. The first-order valence-corrected chi connectivity index (χ1v) is 8.98. The van der Waals surface area contributed by atoms with Crippen LogP contribution in [0.5, 0.6) is 0 Å². The molecule has 118 valence electrons. The van der Waals surface area contributed by atoms with Crippen molar-refractivity contribution in [2.45, 2.75) is 77.2 Å². The van der Waals surface area contributed by atoms with Crippen molar-refractivity contribution in [1.29, 1.82) is 0 Å². The Morgan fingerprint density at radius 3 is 2.33 bits per heavy atom. The topological polar surface area (TPSA) is 12.0 Å². The van der Waals surface area contributed by atoms with Gasteiger partial charge in [-0.05, 0) is 43.7 Å². The predicted octanol–water partition coefficient (Wildman–Crippen LogP) is 5.30. The lowest BCUT2D eigenvalue weighted by Crippen LogP contribution is -2.53. The van der Waals surface area contributed by atoms with Gasteiger partial charge in [0, 0.05) is 11.5 Å². The average molecular weight is 287 g/mol. The van der Waals surface area contributed by atoms with E-state index in [4.69, 9.17) is 0 Å². The van der Waals surface area contributed by atoms with Crippen molar-refractivity contribution in [3.05, 3.63) is 35.9 Å². The van der Waals surface area contributed by atoms with E-state index >= 15 is 0 Å². The minimum atomic E-state index is 0.410. The highest BCUT2D eigenvalue weighted by molar-refractivity contribution is 5.30. The van der Waals surface area contributed by atoms with Crippen LogP contribution in [0, 0.1) is 5.92 Å². The van der Waals surface area contributed by atoms with Gasteiger partial charge in [0.25, 0.3) is 0 Å². The van der Waals surface area contributed by atoms with E-state index in [0.29, 0.717) is 11.5 Å². The first-order chi connectivity index (χ1) is 10.2. The number of hydrogen-bond donors (Lipinski definition) is 1. The lowest BCUT2D eigenvalue weighted by atomic mass is 9.59. The van der Waals surface area contributed by atoms with Crippen LogP contribution in [0.2, 0.25) is 0 Å². The van der Waals surface area contributed by atoms with Crippen LogP contribution >= 0.6 is 0 Å². The molecule has 2 rings (SSSR count). The van der Waals surface area contributed by atoms with Crippen molar-refractivity contribution in [3.63, 3.8) is 0 Å². The fourth-order valence-electron chi connectivity index (χ4n) is 3.79. The minimum absolute atomic E-state index is 0.410. The van der Waals surface area contributed by atoms with Gasteiger partial charge in [0.2, 0.25) is 0 Å².